The Labute approximate surface area is 192 Å². The van der Waals surface area contributed by atoms with Crippen molar-refractivity contribution in [2.24, 2.45) is 0 Å². The highest BCUT2D eigenvalue weighted by Gasteiger charge is 2.14. The van der Waals surface area contributed by atoms with Crippen LogP contribution in [0.5, 0.6) is 11.5 Å². The predicted octanol–water partition coefficient (Wildman–Crippen LogP) is 3.93. The van der Waals surface area contributed by atoms with Gasteiger partial charge in [-0.2, -0.15) is 0 Å². The van der Waals surface area contributed by atoms with Gasteiger partial charge in [0, 0.05) is 5.02 Å². The highest BCUT2D eigenvalue weighted by atomic mass is 35.5. The first kappa shape index (κ1) is 24.4. The minimum Gasteiger partial charge on any atom is -0.493 e. The number of carbonyl (C=O) groups excluding carboxylic acids is 2. The van der Waals surface area contributed by atoms with E-state index in [-0.39, 0.29) is 11.7 Å². The van der Waals surface area contributed by atoms with Crippen molar-refractivity contribution < 1.29 is 19.1 Å². The fourth-order valence-electron chi connectivity index (χ4n) is 2.53. The van der Waals surface area contributed by atoms with Crippen molar-refractivity contribution in [1.29, 1.82) is 0 Å². The van der Waals surface area contributed by atoms with Crippen LogP contribution in [0.2, 0.25) is 5.02 Å². The van der Waals surface area contributed by atoms with Gasteiger partial charge in [0.15, 0.2) is 11.7 Å². The largest absolute Gasteiger partial charge is 0.493 e. The molecular formula is C22H26ClN3O4S. The quantitative estimate of drug-likeness (QED) is 0.296. The number of benzene rings is 2. The van der Waals surface area contributed by atoms with Gasteiger partial charge in [0.25, 0.3) is 11.8 Å². The van der Waals surface area contributed by atoms with Gasteiger partial charge >= 0.3 is 0 Å². The number of aryl methyl sites for hydroxylation is 1. The third kappa shape index (κ3) is 8.43. The van der Waals surface area contributed by atoms with Gasteiger partial charge in [-0.25, -0.2) is 0 Å². The number of para-hydroxylation sites is 1. The lowest BCUT2D eigenvalue weighted by Gasteiger charge is -2.14. The van der Waals surface area contributed by atoms with E-state index >= 15 is 0 Å². The van der Waals surface area contributed by atoms with E-state index in [1.807, 2.05) is 6.92 Å². The number of nitrogens with one attached hydrogen (secondary N) is 3. The number of unbranched alkanes of at least 4 members (excludes halogenated alkanes) is 2. The molecule has 166 valence electrons. The molecule has 0 bridgehead atoms. The normalized spacial score (nSPS) is 10.2. The monoisotopic (exact) mass is 463 g/mol. The smallest absolute Gasteiger partial charge is 0.276 e. The Morgan fingerprint density at radius 2 is 1.84 bits per heavy atom. The highest BCUT2D eigenvalue weighted by molar-refractivity contribution is 7.80. The molecule has 2 aromatic carbocycles. The second kappa shape index (κ2) is 12.8. The first-order valence-electron chi connectivity index (χ1n) is 9.91. The van der Waals surface area contributed by atoms with Crippen LogP contribution in [0.4, 0.5) is 0 Å². The molecular weight excluding hydrogens is 438 g/mol. The molecule has 0 aromatic heterocycles. The molecule has 2 aromatic rings. The maximum Gasteiger partial charge on any atom is 0.276 e. The van der Waals surface area contributed by atoms with E-state index in [4.69, 9.17) is 33.3 Å². The van der Waals surface area contributed by atoms with Crippen LogP contribution in [0, 0.1) is 6.92 Å². The molecule has 2 rings (SSSR count). The van der Waals surface area contributed by atoms with Crippen LogP contribution in [-0.4, -0.2) is 30.1 Å². The third-order valence-electron chi connectivity index (χ3n) is 4.18. The summed E-state index contributed by atoms with van der Waals surface area (Å²) in [7, 11) is 0. The molecule has 0 aliphatic carbocycles. The summed E-state index contributed by atoms with van der Waals surface area (Å²) in [5.74, 6) is 0.0904. The van der Waals surface area contributed by atoms with Crippen LogP contribution in [-0.2, 0) is 4.79 Å². The molecule has 0 saturated carbocycles. The van der Waals surface area contributed by atoms with Crippen molar-refractivity contribution in [2.45, 2.75) is 33.1 Å². The maximum absolute atomic E-state index is 12.5. The zero-order valence-electron chi connectivity index (χ0n) is 17.5. The van der Waals surface area contributed by atoms with E-state index in [9.17, 15) is 9.59 Å². The summed E-state index contributed by atoms with van der Waals surface area (Å²) < 4.78 is 11.1. The second-order valence-corrected chi connectivity index (χ2v) is 7.52. The number of hydrogen-bond donors (Lipinski definition) is 3. The lowest BCUT2D eigenvalue weighted by molar-refractivity contribution is -0.123. The summed E-state index contributed by atoms with van der Waals surface area (Å²) in [6.07, 6.45) is 3.06. The van der Waals surface area contributed by atoms with E-state index < -0.39 is 11.8 Å². The molecule has 0 aliphatic heterocycles. The molecule has 31 heavy (non-hydrogen) atoms. The van der Waals surface area contributed by atoms with Crippen molar-refractivity contribution in [1.82, 2.24) is 16.2 Å². The second-order valence-electron chi connectivity index (χ2n) is 6.71. The molecule has 0 heterocycles. The topological polar surface area (TPSA) is 88.7 Å². The lowest BCUT2D eigenvalue weighted by Crippen LogP contribution is -2.49. The minimum atomic E-state index is -0.469. The van der Waals surface area contributed by atoms with Gasteiger partial charge in [-0.3, -0.25) is 25.8 Å². The van der Waals surface area contributed by atoms with Gasteiger partial charge in [-0.05, 0) is 61.5 Å². The molecule has 3 N–H and O–H groups in total. The average molecular weight is 464 g/mol. The van der Waals surface area contributed by atoms with E-state index in [2.05, 4.69) is 23.1 Å². The SMILES string of the molecule is CCCCCOc1ccccc1C(=O)NC(=S)NNC(=O)COc1ccc(Cl)c(C)c1. The molecule has 0 radical (unpaired) electrons. The molecule has 0 aliphatic rings. The minimum absolute atomic E-state index is 0.0542. The Kier molecular flexibility index (Phi) is 10.1. The summed E-state index contributed by atoms with van der Waals surface area (Å²) in [6.45, 7) is 4.24. The van der Waals surface area contributed by atoms with Gasteiger partial charge in [0.1, 0.15) is 11.5 Å². The standard InChI is InChI=1S/C22H26ClN3O4S/c1-3-4-7-12-29-19-9-6-5-8-17(19)21(28)24-22(31)26-25-20(27)14-30-16-10-11-18(23)15(2)13-16/h5-6,8-11,13H,3-4,7,12,14H2,1-2H3,(H,25,27)(H2,24,26,28,31). The van der Waals surface area contributed by atoms with Gasteiger partial charge in [-0.1, -0.05) is 43.5 Å². The van der Waals surface area contributed by atoms with E-state index in [0.717, 1.165) is 24.8 Å². The Hall–Kier alpha value is -2.84. The number of hydrogen-bond acceptors (Lipinski definition) is 5. The number of thiocarbonyl (C=S) groups is 1. The number of amides is 2. The van der Waals surface area contributed by atoms with E-state index in [1.165, 1.54) is 0 Å². The Morgan fingerprint density at radius 1 is 1.06 bits per heavy atom. The first-order chi connectivity index (χ1) is 14.9. The van der Waals surface area contributed by atoms with E-state index in [1.54, 1.807) is 42.5 Å². The molecule has 2 amide bonds. The van der Waals surface area contributed by atoms with Crippen molar-refractivity contribution in [3.05, 3.63) is 58.6 Å². The summed E-state index contributed by atoms with van der Waals surface area (Å²) in [4.78, 5) is 24.4. The Morgan fingerprint density at radius 3 is 2.58 bits per heavy atom. The molecule has 0 spiro atoms. The van der Waals surface area contributed by atoms with Crippen LogP contribution in [0.1, 0.15) is 42.1 Å². The molecule has 0 saturated heterocycles. The fourth-order valence-corrected chi connectivity index (χ4v) is 2.80. The fraction of sp³-hybridized carbons (Fsp3) is 0.318. The van der Waals surface area contributed by atoms with Crippen LogP contribution >= 0.6 is 23.8 Å². The average Bonchev–Trinajstić information content (AvgIpc) is 2.76. The van der Waals surface area contributed by atoms with Crippen LogP contribution < -0.4 is 25.6 Å². The molecule has 0 atom stereocenters. The number of halogens is 1. The third-order valence-corrected chi connectivity index (χ3v) is 4.81. The van der Waals surface area contributed by atoms with Crippen molar-refractivity contribution in [3.63, 3.8) is 0 Å². The van der Waals surface area contributed by atoms with E-state index in [0.29, 0.717) is 28.7 Å². The van der Waals surface area contributed by atoms with Crippen LogP contribution in [0.3, 0.4) is 0 Å². The van der Waals surface area contributed by atoms with Crippen molar-refractivity contribution in [3.8, 4) is 11.5 Å². The number of rotatable bonds is 9. The lowest BCUT2D eigenvalue weighted by atomic mass is 10.2. The molecule has 7 nitrogen and oxygen atoms in total. The summed E-state index contributed by atoms with van der Waals surface area (Å²) in [5, 5.41) is 3.08. The van der Waals surface area contributed by atoms with Crippen molar-refractivity contribution in [2.75, 3.05) is 13.2 Å². The molecule has 0 unspecified atom stereocenters. The van der Waals surface area contributed by atoms with Gasteiger partial charge in [0.05, 0.1) is 12.2 Å². The molecule has 0 fully saturated rings. The summed E-state index contributed by atoms with van der Waals surface area (Å²) in [6, 6.07) is 12.0. The number of ether oxygens (including phenoxy) is 2. The van der Waals surface area contributed by atoms with Crippen LogP contribution in [0.15, 0.2) is 42.5 Å². The highest BCUT2D eigenvalue weighted by Crippen LogP contribution is 2.21. The Bertz CT molecular complexity index is 923. The predicted molar refractivity (Wildman–Crippen MR) is 124 cm³/mol. The summed E-state index contributed by atoms with van der Waals surface area (Å²) in [5.41, 5.74) is 6.05. The summed E-state index contributed by atoms with van der Waals surface area (Å²) >= 11 is 11.0. The van der Waals surface area contributed by atoms with Gasteiger partial charge in [-0.15, -0.1) is 0 Å². The zero-order chi connectivity index (χ0) is 22.6. The maximum atomic E-state index is 12.5. The van der Waals surface area contributed by atoms with Gasteiger partial charge in [0.2, 0.25) is 0 Å². The first-order valence-corrected chi connectivity index (χ1v) is 10.7. The number of hydrazine groups is 1. The number of carbonyl (C=O) groups is 2. The van der Waals surface area contributed by atoms with Crippen LogP contribution in [0.25, 0.3) is 0 Å². The van der Waals surface area contributed by atoms with Gasteiger partial charge < -0.3 is 9.47 Å². The molecule has 9 heteroatoms. The Balaban J connectivity index is 1.78. The van der Waals surface area contributed by atoms with Crippen molar-refractivity contribution >= 4 is 40.7 Å². The zero-order valence-corrected chi connectivity index (χ0v) is 19.1.